The number of hydrogen-bond acceptors (Lipinski definition) is 7. The van der Waals surface area contributed by atoms with Crippen LogP contribution >= 0.6 is 0 Å². The molecule has 1 aliphatic rings. The van der Waals surface area contributed by atoms with Crippen LogP contribution in [0.25, 0.3) is 0 Å². The molecule has 9 heteroatoms. The number of primary amides is 1. The zero-order valence-electron chi connectivity index (χ0n) is 9.30. The summed E-state index contributed by atoms with van der Waals surface area (Å²) in [6.45, 7) is -0.460. The fraction of sp³-hybridized carbons (Fsp3) is 0.556. The smallest absolute Gasteiger partial charge is 0.254 e. The lowest BCUT2D eigenvalue weighted by molar-refractivity contribution is -0.0574. The Balaban J connectivity index is 2.30. The van der Waals surface area contributed by atoms with Crippen LogP contribution in [0.1, 0.15) is 16.6 Å². The largest absolute Gasteiger partial charge is 0.394 e. The van der Waals surface area contributed by atoms with Gasteiger partial charge in [-0.05, 0) is 0 Å². The molecule has 18 heavy (non-hydrogen) atoms. The first-order chi connectivity index (χ1) is 8.47. The highest BCUT2D eigenvalue weighted by Gasteiger charge is 2.44. The van der Waals surface area contributed by atoms with Crippen molar-refractivity contribution >= 4 is 11.7 Å². The number of rotatable bonds is 3. The van der Waals surface area contributed by atoms with E-state index in [1.54, 1.807) is 0 Å². The third-order valence-electron chi connectivity index (χ3n) is 2.86. The predicted molar refractivity (Wildman–Crippen MR) is 58.2 cm³/mol. The third kappa shape index (κ3) is 1.82. The van der Waals surface area contributed by atoms with E-state index >= 15 is 0 Å². The van der Waals surface area contributed by atoms with Crippen molar-refractivity contribution in [3.63, 3.8) is 0 Å². The zero-order chi connectivity index (χ0) is 13.4. The molecule has 4 atom stereocenters. The van der Waals surface area contributed by atoms with Crippen molar-refractivity contribution in [2.24, 2.45) is 5.73 Å². The highest BCUT2D eigenvalue weighted by atomic mass is 16.6. The predicted octanol–water partition coefficient (Wildman–Crippen LogP) is -2.82. The van der Waals surface area contributed by atoms with Crippen LogP contribution in [-0.4, -0.2) is 55.9 Å². The van der Waals surface area contributed by atoms with Gasteiger partial charge in [-0.3, -0.25) is 4.79 Å². The Hall–Kier alpha value is -1.68. The molecule has 2 rings (SSSR count). The Bertz CT molecular complexity index is 462. The van der Waals surface area contributed by atoms with E-state index in [0.717, 1.165) is 10.9 Å². The molecule has 0 aromatic carbocycles. The van der Waals surface area contributed by atoms with Crippen molar-refractivity contribution < 1.29 is 24.9 Å². The standard InChI is InChI=1S/C9H14N4O5/c10-7-3(8(11)17)1-12-13(7)9-6(16)5(15)4(2-14)18-9/h1,4-6,9,14-16H,2,10H2,(H2,11,17)/t4-,5-,6-,9-/m1/s1. The van der Waals surface area contributed by atoms with Gasteiger partial charge in [0.2, 0.25) is 0 Å². The fourth-order valence-electron chi connectivity index (χ4n) is 1.85. The first kappa shape index (κ1) is 12.8. The number of aromatic nitrogens is 2. The normalized spacial score (nSPS) is 31.7. The maximum atomic E-state index is 11.0. The number of anilines is 1. The average molecular weight is 258 g/mol. The van der Waals surface area contributed by atoms with Gasteiger partial charge in [0.1, 0.15) is 29.7 Å². The number of carbonyl (C=O) groups excluding carboxylic acids is 1. The van der Waals surface area contributed by atoms with Gasteiger partial charge in [-0.25, -0.2) is 4.68 Å². The topological polar surface area (TPSA) is 157 Å². The summed E-state index contributed by atoms with van der Waals surface area (Å²) in [6, 6.07) is 0. The van der Waals surface area contributed by atoms with Gasteiger partial charge in [0.25, 0.3) is 5.91 Å². The number of hydrogen-bond donors (Lipinski definition) is 5. The van der Waals surface area contributed by atoms with E-state index in [9.17, 15) is 15.0 Å². The monoisotopic (exact) mass is 258 g/mol. The fourth-order valence-corrected chi connectivity index (χ4v) is 1.85. The number of nitrogens with zero attached hydrogens (tertiary/aromatic N) is 2. The molecule has 100 valence electrons. The number of nitrogen functional groups attached to an aromatic ring is 1. The lowest BCUT2D eigenvalue weighted by Gasteiger charge is -2.16. The van der Waals surface area contributed by atoms with Gasteiger partial charge in [0, 0.05) is 0 Å². The number of nitrogens with two attached hydrogens (primary N) is 2. The number of amides is 1. The van der Waals surface area contributed by atoms with E-state index in [1.807, 2.05) is 0 Å². The Morgan fingerprint density at radius 2 is 2.17 bits per heavy atom. The molecule has 0 radical (unpaired) electrons. The first-order valence-corrected chi connectivity index (χ1v) is 5.22. The van der Waals surface area contributed by atoms with Crippen LogP contribution in [0.3, 0.4) is 0 Å². The molecular weight excluding hydrogens is 244 g/mol. The van der Waals surface area contributed by atoms with Gasteiger partial charge in [0.15, 0.2) is 6.23 Å². The quantitative estimate of drug-likeness (QED) is 0.391. The second-order valence-corrected chi connectivity index (χ2v) is 3.98. The van der Waals surface area contributed by atoms with Gasteiger partial charge in [-0.1, -0.05) is 0 Å². The molecule has 0 spiro atoms. The van der Waals surface area contributed by atoms with E-state index in [1.165, 1.54) is 0 Å². The number of aliphatic hydroxyl groups is 3. The molecule has 0 saturated carbocycles. The molecule has 0 aliphatic carbocycles. The van der Waals surface area contributed by atoms with Gasteiger partial charge < -0.3 is 31.5 Å². The van der Waals surface area contributed by atoms with Crippen molar-refractivity contribution in [3.05, 3.63) is 11.8 Å². The van der Waals surface area contributed by atoms with Crippen molar-refractivity contribution in [2.75, 3.05) is 12.3 Å². The summed E-state index contributed by atoms with van der Waals surface area (Å²) in [7, 11) is 0. The van der Waals surface area contributed by atoms with Crippen molar-refractivity contribution in [3.8, 4) is 0 Å². The van der Waals surface area contributed by atoms with Gasteiger partial charge in [-0.2, -0.15) is 5.10 Å². The van der Waals surface area contributed by atoms with Gasteiger partial charge in [-0.15, -0.1) is 0 Å². The van der Waals surface area contributed by atoms with Crippen LogP contribution in [0, 0.1) is 0 Å². The number of ether oxygens (including phenoxy) is 1. The van der Waals surface area contributed by atoms with E-state index in [2.05, 4.69) is 5.10 Å². The SMILES string of the molecule is NC(=O)c1cnn([C@@H]2O[C@H](CO)[C@@H](O)[C@H]2O)c1N. The minimum atomic E-state index is -1.31. The van der Waals surface area contributed by atoms with Gasteiger partial charge in [0.05, 0.1) is 12.8 Å². The van der Waals surface area contributed by atoms with E-state index in [0.29, 0.717) is 0 Å². The van der Waals surface area contributed by atoms with E-state index in [-0.39, 0.29) is 11.4 Å². The van der Waals surface area contributed by atoms with Crippen molar-refractivity contribution in [1.82, 2.24) is 9.78 Å². The Morgan fingerprint density at radius 3 is 2.61 bits per heavy atom. The van der Waals surface area contributed by atoms with Crippen LogP contribution in [-0.2, 0) is 4.74 Å². The van der Waals surface area contributed by atoms with E-state index < -0.39 is 37.1 Å². The molecule has 1 aromatic rings. The molecule has 1 amide bonds. The summed E-state index contributed by atoms with van der Waals surface area (Å²) >= 11 is 0. The molecule has 1 aliphatic heterocycles. The summed E-state index contributed by atoms with van der Waals surface area (Å²) < 4.78 is 6.26. The first-order valence-electron chi connectivity index (χ1n) is 5.22. The summed E-state index contributed by atoms with van der Waals surface area (Å²) in [4.78, 5) is 11.0. The molecule has 2 heterocycles. The highest BCUT2D eigenvalue weighted by Crippen LogP contribution is 2.31. The van der Waals surface area contributed by atoms with Gasteiger partial charge >= 0.3 is 0 Å². The van der Waals surface area contributed by atoms with Crippen LogP contribution in [0.5, 0.6) is 0 Å². The maximum absolute atomic E-state index is 11.0. The number of carbonyl (C=O) groups is 1. The van der Waals surface area contributed by atoms with Crippen LogP contribution in [0.2, 0.25) is 0 Å². The lowest BCUT2D eigenvalue weighted by atomic mass is 10.1. The van der Waals surface area contributed by atoms with Crippen LogP contribution < -0.4 is 11.5 Å². The van der Waals surface area contributed by atoms with Crippen LogP contribution in [0.4, 0.5) is 5.82 Å². The summed E-state index contributed by atoms with van der Waals surface area (Å²) in [5.74, 6) is -0.831. The molecule has 0 bridgehead atoms. The molecule has 1 saturated heterocycles. The Labute approximate surface area is 102 Å². The minimum absolute atomic E-state index is 0.00672. The zero-order valence-corrected chi connectivity index (χ0v) is 9.30. The molecule has 7 N–H and O–H groups in total. The summed E-state index contributed by atoms with van der Waals surface area (Å²) in [5, 5.41) is 32.1. The third-order valence-corrected chi connectivity index (χ3v) is 2.86. The van der Waals surface area contributed by atoms with Crippen LogP contribution in [0.15, 0.2) is 6.20 Å². The van der Waals surface area contributed by atoms with Crippen molar-refractivity contribution in [2.45, 2.75) is 24.5 Å². The Morgan fingerprint density at radius 1 is 1.50 bits per heavy atom. The molecule has 1 aromatic heterocycles. The number of aliphatic hydroxyl groups excluding tert-OH is 3. The molecular formula is C9H14N4O5. The minimum Gasteiger partial charge on any atom is -0.394 e. The maximum Gasteiger partial charge on any atom is 0.254 e. The average Bonchev–Trinajstić information content (AvgIpc) is 2.82. The molecule has 1 fully saturated rings. The second kappa shape index (κ2) is 4.53. The summed E-state index contributed by atoms with van der Waals surface area (Å²) in [5.41, 5.74) is 10.7. The highest BCUT2D eigenvalue weighted by molar-refractivity contribution is 5.96. The molecule has 9 nitrogen and oxygen atoms in total. The second-order valence-electron chi connectivity index (χ2n) is 3.98. The molecule has 0 unspecified atom stereocenters. The summed E-state index contributed by atoms with van der Waals surface area (Å²) in [6.07, 6.45) is -3.45. The van der Waals surface area contributed by atoms with Crippen molar-refractivity contribution in [1.29, 1.82) is 0 Å². The Kier molecular flexibility index (Phi) is 3.22. The van der Waals surface area contributed by atoms with E-state index in [4.69, 9.17) is 21.3 Å². The lowest BCUT2D eigenvalue weighted by Crippen LogP contribution is -2.33.